The van der Waals surface area contributed by atoms with Crippen LogP contribution in [0.2, 0.25) is 0 Å². The van der Waals surface area contributed by atoms with Crippen LogP contribution in [0.15, 0.2) is 24.3 Å². The third-order valence-electron chi connectivity index (χ3n) is 5.07. The Morgan fingerprint density at radius 1 is 1.32 bits per heavy atom. The van der Waals surface area contributed by atoms with E-state index in [-0.39, 0.29) is 17.8 Å². The number of aliphatic hydroxyl groups is 1. The molecule has 1 amide bonds. The normalized spacial score (nSPS) is 15.6. The first-order chi connectivity index (χ1) is 13.3. The Labute approximate surface area is 165 Å². The highest BCUT2D eigenvalue weighted by molar-refractivity contribution is 7.19. The molecular formula is C19H20FN5O2S. The number of aliphatic hydroxyl groups excluding tert-OH is 1. The number of likely N-dealkylation sites (tertiary alicyclic amines) is 1. The Balaban J connectivity index is 1.42. The van der Waals surface area contributed by atoms with Gasteiger partial charge in [-0.2, -0.15) is 5.10 Å². The van der Waals surface area contributed by atoms with Crippen molar-refractivity contribution >= 4 is 33.1 Å². The van der Waals surface area contributed by atoms with E-state index in [4.69, 9.17) is 5.73 Å². The van der Waals surface area contributed by atoms with E-state index in [0.717, 1.165) is 16.6 Å². The smallest absolute Gasteiger partial charge is 0.253 e. The number of hydrogen-bond acceptors (Lipinski definition) is 7. The van der Waals surface area contributed by atoms with Crippen LogP contribution in [0.1, 0.15) is 32.7 Å². The highest BCUT2D eigenvalue weighted by Crippen LogP contribution is 2.38. The van der Waals surface area contributed by atoms with Crippen LogP contribution in [-0.4, -0.2) is 45.2 Å². The van der Waals surface area contributed by atoms with Crippen LogP contribution in [0.5, 0.6) is 0 Å². The van der Waals surface area contributed by atoms with Crippen molar-refractivity contribution in [2.75, 3.05) is 18.8 Å². The minimum Gasteiger partial charge on any atom is -0.397 e. The molecule has 1 saturated heterocycles. The van der Waals surface area contributed by atoms with Crippen LogP contribution in [-0.2, 0) is 0 Å². The summed E-state index contributed by atoms with van der Waals surface area (Å²) in [4.78, 5) is 15.3. The highest BCUT2D eigenvalue weighted by atomic mass is 32.1. The molecule has 2 aromatic heterocycles. The molecule has 1 aromatic carbocycles. The van der Waals surface area contributed by atoms with Crippen molar-refractivity contribution < 1.29 is 14.3 Å². The second kappa shape index (κ2) is 7.08. The first-order valence-electron chi connectivity index (χ1n) is 8.86. The van der Waals surface area contributed by atoms with E-state index in [1.54, 1.807) is 4.90 Å². The summed E-state index contributed by atoms with van der Waals surface area (Å²) in [6.07, 6.45) is -0.952. The van der Waals surface area contributed by atoms with Crippen molar-refractivity contribution in [3.63, 3.8) is 0 Å². The van der Waals surface area contributed by atoms with Crippen LogP contribution >= 0.6 is 11.3 Å². The van der Waals surface area contributed by atoms with Gasteiger partial charge in [0, 0.05) is 30.1 Å². The molecule has 1 aliphatic rings. The van der Waals surface area contributed by atoms with Gasteiger partial charge in [0.2, 0.25) is 0 Å². The zero-order valence-corrected chi connectivity index (χ0v) is 16.3. The monoisotopic (exact) mass is 401 g/mol. The average molecular weight is 401 g/mol. The number of halogens is 1. The largest absolute Gasteiger partial charge is 0.397 e. The van der Waals surface area contributed by atoms with Gasteiger partial charge in [-0.25, -0.2) is 4.39 Å². The molecular weight excluding hydrogens is 381 g/mol. The number of carbonyl (C=O) groups excluding carboxylic acids is 1. The average Bonchev–Trinajstić information content (AvgIpc) is 2.98. The van der Waals surface area contributed by atoms with Crippen molar-refractivity contribution in [1.82, 2.24) is 20.4 Å². The van der Waals surface area contributed by atoms with Crippen LogP contribution in [0.4, 0.5) is 10.1 Å². The summed E-state index contributed by atoms with van der Waals surface area (Å²) >= 11 is 1.31. The van der Waals surface area contributed by atoms with Crippen LogP contribution < -0.4 is 11.1 Å². The number of rotatable bonds is 4. The zero-order valence-electron chi connectivity index (χ0n) is 15.4. The molecule has 3 heterocycles. The maximum Gasteiger partial charge on any atom is 0.253 e. The summed E-state index contributed by atoms with van der Waals surface area (Å²) in [5.74, 6) is -0.533. The molecule has 7 nitrogen and oxygen atoms in total. The second-order valence-corrected chi connectivity index (χ2v) is 7.98. The van der Waals surface area contributed by atoms with Gasteiger partial charge in [-0.3, -0.25) is 10.1 Å². The van der Waals surface area contributed by atoms with Crippen molar-refractivity contribution in [3.8, 4) is 0 Å². The number of benzene rings is 1. The third-order valence-corrected chi connectivity index (χ3v) is 6.21. The molecule has 4 N–H and O–H groups in total. The Bertz CT molecular complexity index is 1050. The fourth-order valence-corrected chi connectivity index (χ4v) is 4.33. The molecule has 3 aromatic rings. The molecule has 1 unspecified atom stereocenters. The van der Waals surface area contributed by atoms with E-state index in [0.29, 0.717) is 34.0 Å². The fraction of sp³-hybridized carbons (Fsp3) is 0.316. The summed E-state index contributed by atoms with van der Waals surface area (Å²) < 4.78 is 13.0. The number of amides is 1. The summed E-state index contributed by atoms with van der Waals surface area (Å²) in [5.41, 5.74) is 8.97. The molecule has 0 spiro atoms. The highest BCUT2D eigenvalue weighted by Gasteiger charge is 2.33. The third kappa shape index (κ3) is 3.21. The number of nitrogen functional groups attached to an aromatic ring is 1. The van der Waals surface area contributed by atoms with Crippen molar-refractivity contribution in [1.29, 1.82) is 0 Å². The quantitative estimate of drug-likeness (QED) is 0.579. The number of aryl methyl sites for hydroxylation is 2. The number of hydrogen-bond donors (Lipinski definition) is 3. The van der Waals surface area contributed by atoms with E-state index < -0.39 is 6.23 Å². The molecule has 4 rings (SSSR count). The number of carbonyl (C=O) groups is 1. The van der Waals surface area contributed by atoms with Gasteiger partial charge in [-0.15, -0.1) is 16.4 Å². The molecule has 1 atom stereocenters. The molecule has 0 saturated carbocycles. The zero-order chi connectivity index (χ0) is 20.0. The summed E-state index contributed by atoms with van der Waals surface area (Å²) in [7, 11) is 0. The van der Waals surface area contributed by atoms with Crippen molar-refractivity contribution in [2.24, 2.45) is 0 Å². The number of anilines is 1. The lowest BCUT2D eigenvalue weighted by molar-refractivity contribution is 0.0407. The molecule has 0 radical (unpaired) electrons. The molecule has 1 fully saturated rings. The standard InChI is InChI=1S/C19H20FN5O2S/c1-9-10(2)23-24-18-14(9)15(21)16(28-18)17(26)22-13-7-25(8-13)19(27)11-3-5-12(20)6-4-11/h3-6,13,17,22,26H,7-8,21H2,1-2H3. The minimum absolute atomic E-state index is 0.0575. The van der Waals surface area contributed by atoms with E-state index in [9.17, 15) is 14.3 Å². The summed E-state index contributed by atoms with van der Waals surface area (Å²) in [6.45, 7) is 4.71. The van der Waals surface area contributed by atoms with Gasteiger partial charge in [0.05, 0.1) is 16.3 Å². The van der Waals surface area contributed by atoms with Crippen LogP contribution in [0.3, 0.4) is 0 Å². The molecule has 9 heteroatoms. The summed E-state index contributed by atoms with van der Waals surface area (Å²) in [5, 5.41) is 22.8. The molecule has 146 valence electrons. The predicted molar refractivity (Wildman–Crippen MR) is 105 cm³/mol. The Morgan fingerprint density at radius 2 is 2.00 bits per heavy atom. The lowest BCUT2D eigenvalue weighted by Gasteiger charge is -2.40. The number of nitrogens with one attached hydrogen (secondary N) is 1. The molecule has 1 aliphatic heterocycles. The Morgan fingerprint density at radius 3 is 2.68 bits per heavy atom. The first kappa shape index (κ1) is 18.7. The maximum atomic E-state index is 13.0. The molecule has 0 aliphatic carbocycles. The lowest BCUT2D eigenvalue weighted by atomic mass is 10.1. The van der Waals surface area contributed by atoms with Gasteiger partial charge >= 0.3 is 0 Å². The lowest BCUT2D eigenvalue weighted by Crippen LogP contribution is -2.60. The number of fused-ring (bicyclic) bond motifs is 1. The number of aromatic nitrogens is 2. The maximum absolute atomic E-state index is 13.0. The van der Waals surface area contributed by atoms with Gasteiger partial charge in [-0.1, -0.05) is 0 Å². The Kier molecular flexibility index (Phi) is 4.74. The van der Waals surface area contributed by atoms with Gasteiger partial charge in [0.15, 0.2) is 0 Å². The second-order valence-electron chi connectivity index (χ2n) is 6.95. The fourth-order valence-electron chi connectivity index (χ4n) is 3.28. The first-order valence-corrected chi connectivity index (χ1v) is 9.67. The SMILES string of the molecule is Cc1nnc2sc(C(O)NC3CN(C(=O)c4ccc(F)cc4)C3)c(N)c2c1C. The van der Waals surface area contributed by atoms with Gasteiger partial charge in [0.25, 0.3) is 5.91 Å². The van der Waals surface area contributed by atoms with Crippen LogP contribution in [0, 0.1) is 19.7 Å². The van der Waals surface area contributed by atoms with Crippen molar-refractivity contribution in [3.05, 3.63) is 51.8 Å². The van der Waals surface area contributed by atoms with Gasteiger partial charge in [-0.05, 0) is 43.7 Å². The Hall–Kier alpha value is -2.62. The topological polar surface area (TPSA) is 104 Å². The number of nitrogens with zero attached hydrogens (tertiary/aromatic N) is 3. The van der Waals surface area contributed by atoms with Crippen LogP contribution in [0.25, 0.3) is 10.2 Å². The number of thiophene rings is 1. The van der Waals surface area contributed by atoms with E-state index in [1.165, 1.54) is 35.6 Å². The van der Waals surface area contributed by atoms with Gasteiger partial charge < -0.3 is 15.7 Å². The predicted octanol–water partition coefficient (Wildman–Crippen LogP) is 2.13. The number of nitrogens with two attached hydrogens (primary N) is 1. The minimum atomic E-state index is -0.952. The van der Waals surface area contributed by atoms with E-state index in [2.05, 4.69) is 15.5 Å². The molecule has 0 bridgehead atoms. The van der Waals surface area contributed by atoms with Crippen molar-refractivity contribution in [2.45, 2.75) is 26.1 Å². The molecule has 28 heavy (non-hydrogen) atoms. The van der Waals surface area contributed by atoms with Gasteiger partial charge in [0.1, 0.15) is 16.9 Å². The van der Waals surface area contributed by atoms with E-state index in [1.807, 2.05) is 13.8 Å². The van der Waals surface area contributed by atoms with E-state index >= 15 is 0 Å². The summed E-state index contributed by atoms with van der Waals surface area (Å²) in [6, 6.07) is 5.41.